The number of carbonyl (C=O) groups is 1. The molecule has 2 aromatic rings. The van der Waals surface area contributed by atoms with Gasteiger partial charge in [-0.3, -0.25) is 4.79 Å². The normalized spacial score (nSPS) is 10.4. The standard InChI is InChI=1S/C16H18ClN3O2S/c1-11-4-6-12(7-5-11)22-9-8-20(2)15(21)14-13(17)10-18-16(19-14)23-3/h4-7,10H,8-9H2,1-3H3. The van der Waals surface area contributed by atoms with Crippen LogP contribution >= 0.6 is 23.4 Å². The second-order valence-corrected chi connectivity index (χ2v) is 6.12. The maximum absolute atomic E-state index is 12.4. The van der Waals surface area contributed by atoms with E-state index in [2.05, 4.69) is 9.97 Å². The quantitative estimate of drug-likeness (QED) is 0.590. The van der Waals surface area contributed by atoms with Gasteiger partial charge in [0.1, 0.15) is 12.4 Å². The van der Waals surface area contributed by atoms with E-state index in [4.69, 9.17) is 16.3 Å². The minimum absolute atomic E-state index is 0.212. The molecule has 0 aliphatic heterocycles. The van der Waals surface area contributed by atoms with Gasteiger partial charge >= 0.3 is 0 Å². The van der Waals surface area contributed by atoms with Gasteiger partial charge in [-0.05, 0) is 25.3 Å². The fourth-order valence-electron chi connectivity index (χ4n) is 1.82. The molecule has 0 fully saturated rings. The van der Waals surface area contributed by atoms with Crippen molar-refractivity contribution in [3.63, 3.8) is 0 Å². The van der Waals surface area contributed by atoms with E-state index in [0.717, 1.165) is 5.75 Å². The van der Waals surface area contributed by atoms with Crippen LogP contribution in [0.3, 0.4) is 0 Å². The third kappa shape index (κ3) is 4.84. The van der Waals surface area contributed by atoms with Crippen molar-refractivity contribution >= 4 is 29.3 Å². The summed E-state index contributed by atoms with van der Waals surface area (Å²) in [6.07, 6.45) is 3.29. The molecule has 0 saturated heterocycles. The number of halogens is 1. The van der Waals surface area contributed by atoms with Gasteiger partial charge in [-0.15, -0.1) is 0 Å². The minimum atomic E-state index is -0.250. The largest absolute Gasteiger partial charge is 0.492 e. The SMILES string of the molecule is CSc1ncc(Cl)c(C(=O)N(C)CCOc2ccc(C)cc2)n1. The molecule has 122 valence electrons. The molecule has 5 nitrogen and oxygen atoms in total. The molecular formula is C16H18ClN3O2S. The molecule has 2 rings (SSSR count). The number of rotatable bonds is 6. The minimum Gasteiger partial charge on any atom is -0.492 e. The Labute approximate surface area is 145 Å². The number of aromatic nitrogens is 2. The third-order valence-corrected chi connectivity index (χ3v) is 4.01. The van der Waals surface area contributed by atoms with E-state index >= 15 is 0 Å². The number of aryl methyl sites for hydroxylation is 1. The molecule has 1 aromatic carbocycles. The lowest BCUT2D eigenvalue weighted by Crippen LogP contribution is -2.31. The van der Waals surface area contributed by atoms with Crippen LogP contribution < -0.4 is 4.74 Å². The molecule has 0 N–H and O–H groups in total. The number of likely N-dealkylation sites (N-methyl/N-ethyl adjacent to an activating group) is 1. The van der Waals surface area contributed by atoms with Gasteiger partial charge in [0, 0.05) is 7.05 Å². The van der Waals surface area contributed by atoms with Crippen molar-refractivity contribution in [3.05, 3.63) is 46.7 Å². The van der Waals surface area contributed by atoms with Crippen LogP contribution in [0.5, 0.6) is 5.75 Å². The van der Waals surface area contributed by atoms with Crippen molar-refractivity contribution in [2.45, 2.75) is 12.1 Å². The summed E-state index contributed by atoms with van der Waals surface area (Å²) in [6, 6.07) is 7.77. The lowest BCUT2D eigenvalue weighted by Gasteiger charge is -2.17. The molecular weight excluding hydrogens is 334 g/mol. The van der Waals surface area contributed by atoms with Crippen molar-refractivity contribution in [1.82, 2.24) is 14.9 Å². The number of benzene rings is 1. The zero-order chi connectivity index (χ0) is 16.8. The molecule has 1 heterocycles. The van der Waals surface area contributed by atoms with Crippen LogP contribution in [0.15, 0.2) is 35.6 Å². The highest BCUT2D eigenvalue weighted by atomic mass is 35.5. The smallest absolute Gasteiger partial charge is 0.274 e. The molecule has 0 bridgehead atoms. The van der Waals surface area contributed by atoms with Crippen LogP contribution in [-0.4, -0.2) is 47.2 Å². The Morgan fingerprint density at radius 3 is 2.70 bits per heavy atom. The Bertz CT molecular complexity index is 680. The first-order valence-electron chi connectivity index (χ1n) is 7.02. The van der Waals surface area contributed by atoms with Gasteiger partial charge in [-0.2, -0.15) is 0 Å². The predicted octanol–water partition coefficient (Wildman–Crippen LogP) is 3.31. The molecule has 7 heteroatoms. The van der Waals surface area contributed by atoms with Gasteiger partial charge in [0.15, 0.2) is 10.9 Å². The Hall–Kier alpha value is -1.79. The summed E-state index contributed by atoms with van der Waals surface area (Å²) in [7, 11) is 1.69. The summed E-state index contributed by atoms with van der Waals surface area (Å²) in [5.74, 6) is 0.529. The second kappa shape index (κ2) is 8.17. The van der Waals surface area contributed by atoms with E-state index in [1.165, 1.54) is 28.4 Å². The number of amides is 1. The molecule has 1 amide bonds. The fraction of sp³-hybridized carbons (Fsp3) is 0.312. The molecule has 0 spiro atoms. The van der Waals surface area contributed by atoms with Crippen molar-refractivity contribution in [2.24, 2.45) is 0 Å². The molecule has 1 aromatic heterocycles. The first kappa shape index (κ1) is 17.6. The van der Waals surface area contributed by atoms with Crippen LogP contribution in [0, 0.1) is 6.92 Å². The highest BCUT2D eigenvalue weighted by molar-refractivity contribution is 7.98. The average molecular weight is 352 g/mol. The molecule has 0 unspecified atom stereocenters. The molecule has 0 aliphatic rings. The summed E-state index contributed by atoms with van der Waals surface area (Å²) in [6.45, 7) is 2.84. The van der Waals surface area contributed by atoms with E-state index in [-0.39, 0.29) is 16.6 Å². The lowest BCUT2D eigenvalue weighted by molar-refractivity contribution is 0.0767. The first-order chi connectivity index (χ1) is 11.0. The highest BCUT2D eigenvalue weighted by Crippen LogP contribution is 2.18. The number of ether oxygens (including phenoxy) is 1. The number of nitrogens with zero attached hydrogens (tertiary/aromatic N) is 3. The number of thioether (sulfide) groups is 1. The Morgan fingerprint density at radius 1 is 1.35 bits per heavy atom. The monoisotopic (exact) mass is 351 g/mol. The zero-order valence-electron chi connectivity index (χ0n) is 13.2. The van der Waals surface area contributed by atoms with Gasteiger partial charge in [0.25, 0.3) is 5.91 Å². The average Bonchev–Trinajstić information content (AvgIpc) is 2.56. The summed E-state index contributed by atoms with van der Waals surface area (Å²) < 4.78 is 5.63. The number of carbonyl (C=O) groups excluding carboxylic acids is 1. The van der Waals surface area contributed by atoms with Crippen LogP contribution in [0.2, 0.25) is 5.02 Å². The zero-order valence-corrected chi connectivity index (χ0v) is 14.8. The van der Waals surface area contributed by atoms with E-state index in [1.54, 1.807) is 7.05 Å². The topological polar surface area (TPSA) is 55.3 Å². The van der Waals surface area contributed by atoms with Gasteiger partial charge < -0.3 is 9.64 Å². The maximum Gasteiger partial charge on any atom is 0.274 e. The summed E-state index contributed by atoms with van der Waals surface area (Å²) >= 11 is 7.38. The molecule has 0 radical (unpaired) electrons. The van der Waals surface area contributed by atoms with Gasteiger partial charge in [0.05, 0.1) is 17.8 Å². The second-order valence-electron chi connectivity index (χ2n) is 4.94. The lowest BCUT2D eigenvalue weighted by atomic mass is 10.2. The maximum atomic E-state index is 12.4. The van der Waals surface area contributed by atoms with Gasteiger partial charge in [-0.25, -0.2) is 9.97 Å². The first-order valence-corrected chi connectivity index (χ1v) is 8.63. The number of hydrogen-bond donors (Lipinski definition) is 0. The van der Waals surface area contributed by atoms with Crippen molar-refractivity contribution in [1.29, 1.82) is 0 Å². The van der Waals surface area contributed by atoms with Crippen LogP contribution in [-0.2, 0) is 0 Å². The van der Waals surface area contributed by atoms with E-state index in [0.29, 0.717) is 18.3 Å². The van der Waals surface area contributed by atoms with Gasteiger partial charge in [0.2, 0.25) is 0 Å². The third-order valence-electron chi connectivity index (χ3n) is 3.17. The van der Waals surface area contributed by atoms with Crippen LogP contribution in [0.25, 0.3) is 0 Å². The summed E-state index contributed by atoms with van der Waals surface area (Å²) in [5.41, 5.74) is 1.39. The Morgan fingerprint density at radius 2 is 2.04 bits per heavy atom. The predicted molar refractivity (Wildman–Crippen MR) is 92.5 cm³/mol. The van der Waals surface area contributed by atoms with Crippen molar-refractivity contribution < 1.29 is 9.53 Å². The highest BCUT2D eigenvalue weighted by Gasteiger charge is 2.18. The Kier molecular flexibility index (Phi) is 6.24. The van der Waals surface area contributed by atoms with E-state index < -0.39 is 0 Å². The van der Waals surface area contributed by atoms with Crippen LogP contribution in [0.1, 0.15) is 16.1 Å². The van der Waals surface area contributed by atoms with Crippen molar-refractivity contribution in [2.75, 3.05) is 26.5 Å². The molecule has 23 heavy (non-hydrogen) atoms. The number of hydrogen-bond acceptors (Lipinski definition) is 5. The Balaban J connectivity index is 1.93. The van der Waals surface area contributed by atoms with Gasteiger partial charge in [-0.1, -0.05) is 41.1 Å². The van der Waals surface area contributed by atoms with Crippen molar-refractivity contribution in [3.8, 4) is 5.75 Å². The molecule has 0 saturated carbocycles. The summed E-state index contributed by atoms with van der Waals surface area (Å²) in [4.78, 5) is 22.1. The summed E-state index contributed by atoms with van der Waals surface area (Å²) in [5, 5.41) is 0.765. The van der Waals surface area contributed by atoms with E-state index in [1.807, 2.05) is 37.4 Å². The molecule has 0 aliphatic carbocycles. The van der Waals surface area contributed by atoms with E-state index in [9.17, 15) is 4.79 Å². The van der Waals surface area contributed by atoms with Crippen LogP contribution in [0.4, 0.5) is 0 Å². The fourth-order valence-corrected chi connectivity index (χ4v) is 2.33. The molecule has 0 atom stereocenters.